The predicted molar refractivity (Wildman–Crippen MR) is 72.9 cm³/mol. The summed E-state index contributed by atoms with van der Waals surface area (Å²) in [6.07, 6.45) is 7.18. The first-order valence-electron chi connectivity index (χ1n) is 6.78. The minimum absolute atomic E-state index is 0.0879. The van der Waals surface area contributed by atoms with Crippen LogP contribution < -0.4 is 10.6 Å². The molecule has 0 bridgehead atoms. The third-order valence-corrected chi connectivity index (χ3v) is 3.73. The van der Waals surface area contributed by atoms with E-state index in [0.29, 0.717) is 5.56 Å². The molecular formula is C14H20N4. The highest BCUT2D eigenvalue weighted by Gasteiger charge is 2.29. The van der Waals surface area contributed by atoms with E-state index < -0.39 is 0 Å². The van der Waals surface area contributed by atoms with Gasteiger partial charge in [0.25, 0.3) is 0 Å². The molecule has 1 aromatic rings. The molecule has 3 N–H and O–H groups in total. The summed E-state index contributed by atoms with van der Waals surface area (Å²) in [6, 6.07) is 3.90. The molecule has 2 saturated carbocycles. The average Bonchev–Trinajstić information content (AvgIpc) is 3.23. The second-order valence-corrected chi connectivity index (χ2v) is 5.61. The van der Waals surface area contributed by atoms with Gasteiger partial charge in [0.2, 0.25) is 0 Å². The first-order chi connectivity index (χ1) is 8.72. The fraction of sp³-hybridized carbons (Fsp3) is 0.571. The second kappa shape index (κ2) is 4.59. The smallest absolute Gasteiger partial charge is 0.128 e. The van der Waals surface area contributed by atoms with Gasteiger partial charge < -0.3 is 10.6 Å². The van der Waals surface area contributed by atoms with E-state index in [1.807, 2.05) is 12.1 Å². The van der Waals surface area contributed by atoms with Crippen LogP contribution in [0.15, 0.2) is 18.3 Å². The van der Waals surface area contributed by atoms with Crippen molar-refractivity contribution >= 4 is 11.7 Å². The number of hydrogen-bond acceptors (Lipinski definition) is 3. The van der Waals surface area contributed by atoms with Gasteiger partial charge in [-0.25, -0.2) is 4.98 Å². The van der Waals surface area contributed by atoms with Crippen molar-refractivity contribution in [3.8, 4) is 0 Å². The fourth-order valence-corrected chi connectivity index (χ4v) is 2.22. The molecule has 0 radical (unpaired) electrons. The quantitative estimate of drug-likeness (QED) is 0.594. The maximum Gasteiger partial charge on any atom is 0.128 e. The van der Waals surface area contributed by atoms with E-state index in [1.54, 1.807) is 6.20 Å². The average molecular weight is 244 g/mol. The Labute approximate surface area is 108 Å². The van der Waals surface area contributed by atoms with Crippen molar-refractivity contribution in [1.29, 1.82) is 5.41 Å². The molecule has 1 aromatic heterocycles. The van der Waals surface area contributed by atoms with E-state index in [9.17, 15) is 0 Å². The largest absolute Gasteiger partial charge is 0.384 e. The zero-order chi connectivity index (χ0) is 12.5. The molecule has 0 aliphatic heterocycles. The van der Waals surface area contributed by atoms with Crippen LogP contribution in [0.2, 0.25) is 0 Å². The summed E-state index contributed by atoms with van der Waals surface area (Å²) in [5, 5.41) is 7.38. The number of amidine groups is 1. The summed E-state index contributed by atoms with van der Waals surface area (Å²) in [5.74, 6) is 2.87. The van der Waals surface area contributed by atoms with Crippen LogP contribution in [0.4, 0.5) is 5.82 Å². The lowest BCUT2D eigenvalue weighted by Crippen LogP contribution is -2.29. The summed E-state index contributed by atoms with van der Waals surface area (Å²) in [6.45, 7) is 2.28. The lowest BCUT2D eigenvalue weighted by atomic mass is 10.2. The summed E-state index contributed by atoms with van der Waals surface area (Å²) >= 11 is 0. The Morgan fingerprint density at radius 2 is 1.83 bits per heavy atom. The van der Waals surface area contributed by atoms with E-state index in [-0.39, 0.29) is 5.84 Å². The maximum absolute atomic E-state index is 7.38. The van der Waals surface area contributed by atoms with Gasteiger partial charge in [0.1, 0.15) is 11.7 Å². The van der Waals surface area contributed by atoms with Crippen molar-refractivity contribution in [1.82, 2.24) is 4.98 Å². The molecule has 0 spiro atoms. The fourth-order valence-electron chi connectivity index (χ4n) is 2.22. The van der Waals surface area contributed by atoms with Gasteiger partial charge in [-0.1, -0.05) is 0 Å². The highest BCUT2D eigenvalue weighted by Crippen LogP contribution is 2.35. The van der Waals surface area contributed by atoms with Gasteiger partial charge in [0.15, 0.2) is 0 Å². The van der Waals surface area contributed by atoms with Crippen molar-refractivity contribution in [3.63, 3.8) is 0 Å². The molecular weight excluding hydrogens is 224 g/mol. The summed E-state index contributed by atoms with van der Waals surface area (Å²) < 4.78 is 0. The SMILES string of the molecule is N=C(N)c1ccc(N(CC2CC2)CC2CC2)nc1. The van der Waals surface area contributed by atoms with Crippen LogP contribution in [0.3, 0.4) is 0 Å². The lowest BCUT2D eigenvalue weighted by molar-refractivity contribution is 0.671. The van der Waals surface area contributed by atoms with E-state index >= 15 is 0 Å². The van der Waals surface area contributed by atoms with Gasteiger partial charge in [-0.15, -0.1) is 0 Å². The molecule has 0 atom stereocenters. The van der Waals surface area contributed by atoms with Crippen LogP contribution in [0.5, 0.6) is 0 Å². The lowest BCUT2D eigenvalue weighted by Gasteiger charge is -2.23. The zero-order valence-corrected chi connectivity index (χ0v) is 10.6. The molecule has 3 rings (SSSR count). The van der Waals surface area contributed by atoms with E-state index in [4.69, 9.17) is 11.1 Å². The zero-order valence-electron chi connectivity index (χ0n) is 10.6. The van der Waals surface area contributed by atoms with E-state index in [0.717, 1.165) is 30.7 Å². The van der Waals surface area contributed by atoms with Crippen molar-refractivity contribution in [3.05, 3.63) is 23.9 Å². The third kappa shape index (κ3) is 2.81. The molecule has 96 valence electrons. The minimum atomic E-state index is 0.0879. The standard InChI is InChI=1S/C14H20N4/c15-14(16)12-5-6-13(17-7-12)18(8-10-1-2-10)9-11-3-4-11/h5-7,10-11H,1-4,8-9H2,(H3,15,16). The Morgan fingerprint density at radius 3 is 2.22 bits per heavy atom. The Bertz CT molecular complexity index is 418. The number of pyridine rings is 1. The van der Waals surface area contributed by atoms with Gasteiger partial charge in [-0.2, -0.15) is 0 Å². The third-order valence-electron chi connectivity index (χ3n) is 3.73. The maximum atomic E-state index is 7.38. The molecule has 0 amide bonds. The monoisotopic (exact) mass is 244 g/mol. The molecule has 2 aliphatic rings. The van der Waals surface area contributed by atoms with Crippen LogP contribution in [0, 0.1) is 17.2 Å². The Hall–Kier alpha value is -1.58. The number of nitrogens with two attached hydrogens (primary N) is 1. The van der Waals surface area contributed by atoms with Crippen molar-refractivity contribution in [2.45, 2.75) is 25.7 Å². The number of aromatic nitrogens is 1. The molecule has 4 heteroatoms. The Morgan fingerprint density at radius 1 is 1.22 bits per heavy atom. The Balaban J connectivity index is 1.72. The van der Waals surface area contributed by atoms with Crippen molar-refractivity contribution in [2.24, 2.45) is 17.6 Å². The van der Waals surface area contributed by atoms with Crippen LogP contribution in [-0.4, -0.2) is 23.9 Å². The first kappa shape index (κ1) is 11.5. The number of hydrogen-bond donors (Lipinski definition) is 2. The molecule has 18 heavy (non-hydrogen) atoms. The molecule has 1 heterocycles. The van der Waals surface area contributed by atoms with Gasteiger partial charge in [-0.05, 0) is 49.7 Å². The van der Waals surface area contributed by atoms with Crippen LogP contribution in [-0.2, 0) is 0 Å². The number of nitrogen functional groups attached to an aromatic ring is 1. The number of anilines is 1. The van der Waals surface area contributed by atoms with Crippen LogP contribution >= 0.6 is 0 Å². The Kier molecular flexibility index (Phi) is 2.94. The van der Waals surface area contributed by atoms with Gasteiger partial charge in [0.05, 0.1) is 0 Å². The van der Waals surface area contributed by atoms with Crippen LogP contribution in [0.1, 0.15) is 31.2 Å². The highest BCUT2D eigenvalue weighted by molar-refractivity contribution is 5.94. The van der Waals surface area contributed by atoms with Crippen LogP contribution in [0.25, 0.3) is 0 Å². The topological polar surface area (TPSA) is 66.0 Å². The minimum Gasteiger partial charge on any atom is -0.384 e. The molecule has 2 aliphatic carbocycles. The highest BCUT2D eigenvalue weighted by atomic mass is 15.2. The summed E-state index contributed by atoms with van der Waals surface area (Å²) in [5.41, 5.74) is 6.16. The molecule has 4 nitrogen and oxygen atoms in total. The normalized spacial score (nSPS) is 18.7. The summed E-state index contributed by atoms with van der Waals surface area (Å²) in [7, 11) is 0. The number of nitrogens with zero attached hydrogens (tertiary/aromatic N) is 2. The van der Waals surface area contributed by atoms with Gasteiger partial charge in [0, 0.05) is 24.8 Å². The summed E-state index contributed by atoms with van der Waals surface area (Å²) in [4.78, 5) is 6.88. The predicted octanol–water partition coefficient (Wildman–Crippen LogP) is 1.99. The molecule has 0 saturated heterocycles. The number of rotatable bonds is 6. The van der Waals surface area contributed by atoms with E-state index in [2.05, 4.69) is 9.88 Å². The van der Waals surface area contributed by atoms with E-state index in [1.165, 1.54) is 25.7 Å². The molecule has 0 unspecified atom stereocenters. The van der Waals surface area contributed by atoms with Crippen molar-refractivity contribution < 1.29 is 0 Å². The van der Waals surface area contributed by atoms with Crippen molar-refractivity contribution in [2.75, 3.05) is 18.0 Å². The molecule has 2 fully saturated rings. The molecule has 0 aromatic carbocycles. The first-order valence-corrected chi connectivity index (χ1v) is 6.78. The number of nitrogens with one attached hydrogen (secondary N) is 1. The second-order valence-electron chi connectivity index (χ2n) is 5.61. The van der Waals surface area contributed by atoms with Gasteiger partial charge >= 0.3 is 0 Å². The van der Waals surface area contributed by atoms with Gasteiger partial charge in [-0.3, -0.25) is 5.41 Å².